The number of halogens is 8. The maximum atomic E-state index is 14.7. The molecule has 15 aromatic rings. The molecule has 27 nitrogen and oxygen atoms in total. The standard InChI is InChI=1S/C29H30Cl2N4O3.C28H28ClFN4O3.C28H28F2N4O3.C26H27Cl2N3O3/c1-17-15-34(12-13-35(17)19-8-9-20-22(29(36)37)16-33(2)25(20)14-19)11-10-21-27(32-38-28(21)18-6-7-18)26-23(30)4-3-5-24(26)31;2*1-32-16-21(28(35)36)19-8-7-18(15-24(19)32)34-13-11-33(12-14-34)10-9-20-26(31-37-27(20)17-5-6-17)25-22(29)3-2-4-23(25)30;27-21-2-1-3-22(28)24(21)25-20(26(34-29-25)18-6-7-18)10-11-30-12-14-31(15-13-30)19-8-4-17(5-9-19)16-23(32)33/h3-5,8-9,14,16-18H,6-7,10-13,15H2,1-2H3,(H,36,37);2*2-4,7-8,15-17H,5-6,9-14H2,1H3,(H,35,36);1-5,8-9,18H,6-7,10-16H2,(H,32,33). The summed E-state index contributed by atoms with van der Waals surface area (Å²) < 4.78 is 72.4. The number of aromatic nitrogens is 7. The van der Waals surface area contributed by atoms with E-state index in [0.29, 0.717) is 83.3 Å². The average Bonchev–Trinajstić information content (AvgIpc) is 1.65. The van der Waals surface area contributed by atoms with E-state index in [9.17, 15) is 47.7 Å². The highest BCUT2D eigenvalue weighted by Gasteiger charge is 2.40. The molecule has 4 N–H and O–H groups in total. The lowest BCUT2D eigenvalue weighted by Crippen LogP contribution is -2.52. The summed E-state index contributed by atoms with van der Waals surface area (Å²) in [6.45, 7) is 19.0. The van der Waals surface area contributed by atoms with Crippen LogP contribution in [0.15, 0.2) is 188 Å². The van der Waals surface area contributed by atoms with Crippen LogP contribution in [-0.4, -0.2) is 229 Å². The molecule has 7 aromatic heterocycles. The first-order valence-corrected chi connectivity index (χ1v) is 51.9. The highest BCUT2D eigenvalue weighted by atomic mass is 35.5. The number of aryl methyl sites for hydroxylation is 3. The van der Waals surface area contributed by atoms with Gasteiger partial charge in [0.05, 0.1) is 75.9 Å². The first kappa shape index (κ1) is 101. The van der Waals surface area contributed by atoms with Crippen molar-refractivity contribution < 1.29 is 70.9 Å². The van der Waals surface area contributed by atoms with Crippen LogP contribution < -0.4 is 19.6 Å². The normalized spacial score (nSPS) is 17.1. The predicted octanol–water partition coefficient (Wildman–Crippen LogP) is 22.6. The smallest absolute Gasteiger partial charge is 0.337 e. The molecule has 4 saturated carbocycles. The van der Waals surface area contributed by atoms with Crippen LogP contribution in [0.3, 0.4) is 0 Å². The third-order valence-electron chi connectivity index (χ3n) is 29.7. The van der Waals surface area contributed by atoms with Crippen molar-refractivity contribution >= 4 is 137 Å². The van der Waals surface area contributed by atoms with E-state index in [-0.39, 0.29) is 29.4 Å². The number of aromatic carboxylic acids is 3. The summed E-state index contributed by atoms with van der Waals surface area (Å²) in [4.78, 5) is 64.7. The fourth-order valence-electron chi connectivity index (χ4n) is 21.2. The highest BCUT2D eigenvalue weighted by molar-refractivity contribution is 6.40. The largest absolute Gasteiger partial charge is 0.481 e. The Labute approximate surface area is 867 Å². The van der Waals surface area contributed by atoms with Gasteiger partial charge in [0.2, 0.25) is 0 Å². The molecule has 146 heavy (non-hydrogen) atoms. The molecule has 8 aliphatic rings. The lowest BCUT2D eigenvalue weighted by atomic mass is 10.0. The second-order valence-corrected chi connectivity index (χ2v) is 41.6. The molecular weight excluding hydrogens is 1970 g/mol. The molecular formula is C111H113Cl5F3N15O12. The van der Waals surface area contributed by atoms with Crippen LogP contribution in [-0.2, 0) is 58.0 Å². The molecule has 23 rings (SSSR count). The van der Waals surface area contributed by atoms with Crippen molar-refractivity contribution in [2.45, 2.75) is 120 Å². The lowest BCUT2D eigenvalue weighted by Gasteiger charge is -2.41. The number of carboxylic acids is 4. The Morgan fingerprint density at radius 2 is 0.637 bits per heavy atom. The van der Waals surface area contributed by atoms with Gasteiger partial charge in [-0.2, -0.15) is 0 Å². The van der Waals surface area contributed by atoms with Gasteiger partial charge in [-0.1, -0.05) is 115 Å². The monoisotopic (exact) mass is 2080 g/mol. The van der Waals surface area contributed by atoms with Gasteiger partial charge in [0.25, 0.3) is 0 Å². The number of hydrogen-bond donors (Lipinski definition) is 4. The molecule has 4 aliphatic heterocycles. The van der Waals surface area contributed by atoms with Crippen molar-refractivity contribution in [2.24, 2.45) is 21.1 Å². The zero-order valence-corrected chi connectivity index (χ0v) is 85.2. The van der Waals surface area contributed by atoms with E-state index in [1.54, 1.807) is 30.7 Å². The van der Waals surface area contributed by atoms with Crippen LogP contribution in [0.2, 0.25) is 25.1 Å². The summed E-state index contributed by atoms with van der Waals surface area (Å²) in [5.74, 6) is -0.00286. The molecule has 4 aliphatic carbocycles. The summed E-state index contributed by atoms with van der Waals surface area (Å²) in [7, 11) is 5.63. The minimum atomic E-state index is -0.925. The zero-order chi connectivity index (χ0) is 102. The fraction of sp³-hybridized carbons (Fsp3) is 0.369. The van der Waals surface area contributed by atoms with E-state index < -0.39 is 35.5 Å². The summed E-state index contributed by atoms with van der Waals surface area (Å²) in [5, 5.41) is 59.5. The molecule has 11 heterocycles. The van der Waals surface area contributed by atoms with E-state index in [0.717, 1.165) is 324 Å². The summed E-state index contributed by atoms with van der Waals surface area (Å²) in [5.41, 5.74) is 17.1. The van der Waals surface area contributed by atoms with Gasteiger partial charge < -0.3 is 71.8 Å². The van der Waals surface area contributed by atoms with Crippen LogP contribution in [0.4, 0.5) is 35.9 Å². The van der Waals surface area contributed by atoms with Gasteiger partial charge >= 0.3 is 23.9 Å². The van der Waals surface area contributed by atoms with E-state index in [4.69, 9.17) is 81.2 Å². The predicted molar refractivity (Wildman–Crippen MR) is 562 cm³/mol. The zero-order valence-electron chi connectivity index (χ0n) is 81.5. The minimum absolute atomic E-state index is 0.0567. The van der Waals surface area contributed by atoms with Gasteiger partial charge in [0.1, 0.15) is 63.3 Å². The number of carboxylic acid groups (broad SMARTS) is 4. The number of rotatable bonds is 29. The van der Waals surface area contributed by atoms with E-state index in [1.165, 1.54) is 24.3 Å². The van der Waals surface area contributed by atoms with Crippen LogP contribution in [0.25, 0.3) is 77.7 Å². The van der Waals surface area contributed by atoms with Crippen LogP contribution >= 0.6 is 58.0 Å². The number of fused-ring (bicyclic) bond motifs is 3. The quantitative estimate of drug-likeness (QED) is 0.0339. The first-order valence-electron chi connectivity index (χ1n) is 50.0. The fourth-order valence-corrected chi connectivity index (χ4v) is 22.6. The first-order chi connectivity index (χ1) is 70.6. The van der Waals surface area contributed by atoms with E-state index >= 15 is 0 Å². The van der Waals surface area contributed by atoms with Gasteiger partial charge in [0, 0.05) is 266 Å². The van der Waals surface area contributed by atoms with Gasteiger partial charge in [-0.05, 0) is 205 Å². The van der Waals surface area contributed by atoms with Crippen molar-refractivity contribution in [2.75, 3.05) is 144 Å². The Morgan fingerprint density at radius 3 is 0.973 bits per heavy atom. The van der Waals surface area contributed by atoms with Crippen molar-refractivity contribution in [3.8, 4) is 45.0 Å². The van der Waals surface area contributed by atoms with Crippen LogP contribution in [0.1, 0.15) is 164 Å². The molecule has 0 spiro atoms. The number of carbonyl (C=O) groups is 4. The molecule has 35 heteroatoms. The Morgan fingerprint density at radius 1 is 0.349 bits per heavy atom. The Bertz CT molecular complexity index is 7070. The van der Waals surface area contributed by atoms with E-state index in [1.807, 2.05) is 138 Å². The third kappa shape index (κ3) is 21.9. The second-order valence-electron chi connectivity index (χ2n) is 39.5. The molecule has 4 saturated heterocycles. The molecule has 1 atom stereocenters. The minimum Gasteiger partial charge on any atom is -0.481 e. The maximum Gasteiger partial charge on any atom is 0.337 e. The molecule has 1 unspecified atom stereocenters. The SMILES string of the molecule is CC1CN(CCc2c(-c3c(Cl)cccc3Cl)noc2C2CC2)CCN1c1ccc2c(C(=O)O)cn(C)c2c1.Cn1cc(C(=O)O)c2ccc(N3CCN(CCc4c(-c5c(F)cccc5Cl)noc4C4CC4)CC3)cc21.Cn1cc(C(=O)O)c2ccc(N3CCN(CCc4c(-c5c(F)cccc5F)noc4C4CC4)CC3)cc21.O=C(O)Cc1ccc(N2CCN(CCc3c(-c4c(Cl)cccc4Cl)noc3C3CC3)CC2)cc1. The number of nitrogens with zero attached hydrogens (tertiary/aromatic N) is 15. The topological polar surface area (TPSA) is 294 Å². The van der Waals surface area contributed by atoms with E-state index in [2.05, 4.69) is 78.9 Å². The maximum absolute atomic E-state index is 14.7. The number of anilines is 4. The lowest BCUT2D eigenvalue weighted by molar-refractivity contribution is -0.136. The number of benzene rings is 8. The summed E-state index contributed by atoms with van der Waals surface area (Å²) >= 11 is 32.4. The number of piperazine rings is 4. The van der Waals surface area contributed by atoms with Crippen molar-refractivity contribution in [1.29, 1.82) is 0 Å². The van der Waals surface area contributed by atoms with Crippen molar-refractivity contribution in [3.05, 3.63) is 280 Å². The highest BCUT2D eigenvalue weighted by Crippen LogP contribution is 2.51. The third-order valence-corrected chi connectivity index (χ3v) is 31.3. The Kier molecular flexibility index (Phi) is 29.9. The molecule has 8 aromatic carbocycles. The molecule has 8 fully saturated rings. The van der Waals surface area contributed by atoms with Crippen LogP contribution in [0.5, 0.6) is 0 Å². The molecule has 0 amide bonds. The van der Waals surface area contributed by atoms with Crippen LogP contribution in [0, 0.1) is 17.5 Å². The Balaban J connectivity index is 0.000000118. The summed E-state index contributed by atoms with van der Waals surface area (Å²) in [6, 6.07) is 45.7. The van der Waals surface area contributed by atoms with Gasteiger partial charge in [-0.3, -0.25) is 24.4 Å². The summed E-state index contributed by atoms with van der Waals surface area (Å²) in [6.07, 6.45) is 16.8. The average molecular weight is 2080 g/mol. The molecule has 0 bridgehead atoms. The second kappa shape index (κ2) is 43.4. The van der Waals surface area contributed by atoms with Gasteiger partial charge in [0.15, 0.2) is 0 Å². The van der Waals surface area contributed by atoms with Gasteiger partial charge in [-0.25, -0.2) is 27.6 Å². The molecule has 0 radical (unpaired) electrons. The van der Waals surface area contributed by atoms with Crippen molar-refractivity contribution in [1.82, 2.24) is 53.9 Å². The number of hydrogen-bond acceptors (Lipinski definition) is 20. The molecule has 760 valence electrons. The number of aliphatic carboxylic acids is 1. The Hall–Kier alpha value is -12.6. The van der Waals surface area contributed by atoms with Gasteiger partial charge in [-0.15, -0.1) is 0 Å². The van der Waals surface area contributed by atoms with Crippen molar-refractivity contribution in [3.63, 3.8) is 0 Å².